The number of nitrogens with two attached hydrogens (primary N) is 1. The Balaban J connectivity index is 2.82. The number of carbonyl (C=O) groups is 2. The lowest BCUT2D eigenvalue weighted by molar-refractivity contribution is -0.146. The second-order valence-corrected chi connectivity index (χ2v) is 5.10. The summed E-state index contributed by atoms with van der Waals surface area (Å²) in [5.74, 6) is -0.363. The zero-order valence-corrected chi connectivity index (χ0v) is 11.5. The number of piperidine rings is 1. The van der Waals surface area contributed by atoms with Crippen molar-refractivity contribution in [3.63, 3.8) is 0 Å². The Morgan fingerprint density at radius 2 is 2.11 bits per heavy atom. The molecule has 1 heterocycles. The number of hydrogen-bond acceptors (Lipinski definition) is 3. The number of amides is 2. The first-order chi connectivity index (χ1) is 8.55. The van der Waals surface area contributed by atoms with Gasteiger partial charge in [-0.1, -0.05) is 13.3 Å². The summed E-state index contributed by atoms with van der Waals surface area (Å²) in [6.07, 6.45) is 3.76. The number of likely N-dealkylation sites (N-methyl/N-ethyl adjacent to an activating group) is 1. The van der Waals surface area contributed by atoms with Gasteiger partial charge in [-0.15, -0.1) is 0 Å². The van der Waals surface area contributed by atoms with Crippen LogP contribution in [-0.4, -0.2) is 42.9 Å². The lowest BCUT2D eigenvalue weighted by Gasteiger charge is -2.39. The molecule has 0 bridgehead atoms. The number of nitrogens with zero attached hydrogens (tertiary/aromatic N) is 1. The summed E-state index contributed by atoms with van der Waals surface area (Å²) in [4.78, 5) is 25.3. The maximum Gasteiger partial charge on any atom is 0.237 e. The molecule has 1 rings (SSSR count). The minimum Gasteiger partial charge on any atom is -0.368 e. The van der Waals surface area contributed by atoms with E-state index in [1.54, 1.807) is 4.90 Å². The predicted octanol–water partition coefficient (Wildman–Crippen LogP) is 0.490. The molecule has 5 heteroatoms. The van der Waals surface area contributed by atoms with E-state index in [1.165, 1.54) is 0 Å². The Bertz CT molecular complexity index is 293. The van der Waals surface area contributed by atoms with Crippen molar-refractivity contribution in [2.24, 2.45) is 11.1 Å². The predicted molar refractivity (Wildman–Crippen MR) is 70.9 cm³/mol. The Morgan fingerprint density at radius 1 is 1.39 bits per heavy atom. The maximum absolute atomic E-state index is 12.7. The first kappa shape index (κ1) is 15.0. The highest BCUT2D eigenvalue weighted by Gasteiger charge is 2.41. The molecule has 3 N–H and O–H groups in total. The van der Waals surface area contributed by atoms with E-state index in [0.29, 0.717) is 6.54 Å². The molecule has 1 atom stereocenters. The van der Waals surface area contributed by atoms with Gasteiger partial charge in [0.1, 0.15) is 0 Å². The Kier molecular flexibility index (Phi) is 5.59. The topological polar surface area (TPSA) is 75.4 Å². The number of hydrogen-bond donors (Lipinski definition) is 2. The molecule has 104 valence electrons. The molecular weight excluding hydrogens is 230 g/mol. The van der Waals surface area contributed by atoms with Gasteiger partial charge in [-0.3, -0.25) is 9.59 Å². The van der Waals surface area contributed by atoms with E-state index in [-0.39, 0.29) is 17.9 Å². The summed E-state index contributed by atoms with van der Waals surface area (Å²) in [5, 5.41) is 3.31. The van der Waals surface area contributed by atoms with Gasteiger partial charge >= 0.3 is 0 Å². The normalized spacial score (nSPS) is 23.7. The minimum atomic E-state index is -0.444. The van der Waals surface area contributed by atoms with Crippen molar-refractivity contribution in [1.82, 2.24) is 10.2 Å². The van der Waals surface area contributed by atoms with Crippen LogP contribution >= 0.6 is 0 Å². The van der Waals surface area contributed by atoms with Gasteiger partial charge in [-0.05, 0) is 32.7 Å². The number of primary amides is 1. The summed E-state index contributed by atoms with van der Waals surface area (Å²) in [6.45, 7) is 6.23. The Hall–Kier alpha value is -1.10. The van der Waals surface area contributed by atoms with E-state index < -0.39 is 5.91 Å². The third kappa shape index (κ3) is 3.45. The number of nitrogens with one attached hydrogen (secondary N) is 1. The van der Waals surface area contributed by atoms with Gasteiger partial charge in [0.2, 0.25) is 11.8 Å². The highest BCUT2D eigenvalue weighted by molar-refractivity contribution is 5.87. The van der Waals surface area contributed by atoms with Crippen LogP contribution in [0.5, 0.6) is 0 Å². The lowest BCUT2D eigenvalue weighted by Crippen LogP contribution is -2.53. The van der Waals surface area contributed by atoms with Crippen LogP contribution in [0.1, 0.15) is 39.5 Å². The van der Waals surface area contributed by atoms with Gasteiger partial charge in [0.15, 0.2) is 0 Å². The molecule has 0 spiro atoms. The van der Waals surface area contributed by atoms with Crippen molar-refractivity contribution in [2.75, 3.05) is 26.2 Å². The van der Waals surface area contributed by atoms with Gasteiger partial charge in [-0.25, -0.2) is 0 Å². The van der Waals surface area contributed by atoms with Crippen molar-refractivity contribution >= 4 is 11.8 Å². The molecule has 0 radical (unpaired) electrons. The van der Waals surface area contributed by atoms with E-state index >= 15 is 0 Å². The van der Waals surface area contributed by atoms with Crippen molar-refractivity contribution in [2.45, 2.75) is 39.5 Å². The van der Waals surface area contributed by atoms with Gasteiger partial charge in [0, 0.05) is 13.1 Å². The molecule has 0 aromatic carbocycles. The van der Waals surface area contributed by atoms with Crippen molar-refractivity contribution < 1.29 is 9.59 Å². The second-order valence-electron chi connectivity index (χ2n) is 5.10. The average Bonchev–Trinajstić information content (AvgIpc) is 2.36. The van der Waals surface area contributed by atoms with Crippen molar-refractivity contribution in [3.8, 4) is 0 Å². The SMILES string of the molecule is CCCC1(C(=O)N(CC)CC(N)=O)CCCNC1. The van der Waals surface area contributed by atoms with E-state index in [9.17, 15) is 9.59 Å². The van der Waals surface area contributed by atoms with E-state index in [1.807, 2.05) is 6.92 Å². The molecule has 0 aliphatic carbocycles. The molecule has 1 saturated heterocycles. The fourth-order valence-corrected chi connectivity index (χ4v) is 2.80. The summed E-state index contributed by atoms with van der Waals surface area (Å²) in [6, 6.07) is 0. The highest BCUT2D eigenvalue weighted by atomic mass is 16.2. The molecule has 1 fully saturated rings. The molecule has 2 amide bonds. The van der Waals surface area contributed by atoms with E-state index in [2.05, 4.69) is 12.2 Å². The van der Waals surface area contributed by atoms with Crippen molar-refractivity contribution in [3.05, 3.63) is 0 Å². The monoisotopic (exact) mass is 255 g/mol. The zero-order valence-electron chi connectivity index (χ0n) is 11.5. The molecular formula is C13H25N3O2. The summed E-state index contributed by atoms with van der Waals surface area (Å²) >= 11 is 0. The third-order valence-electron chi connectivity index (χ3n) is 3.67. The molecule has 18 heavy (non-hydrogen) atoms. The standard InChI is InChI=1S/C13H25N3O2/c1-3-6-13(7-5-8-15-10-13)12(18)16(4-2)9-11(14)17/h15H,3-10H2,1-2H3,(H2,14,17). The van der Waals surface area contributed by atoms with Crippen LogP contribution in [0.2, 0.25) is 0 Å². The van der Waals surface area contributed by atoms with Crippen LogP contribution in [0.4, 0.5) is 0 Å². The van der Waals surface area contributed by atoms with Crippen LogP contribution in [0.15, 0.2) is 0 Å². The summed E-state index contributed by atoms with van der Waals surface area (Å²) in [7, 11) is 0. The average molecular weight is 255 g/mol. The zero-order chi connectivity index (χ0) is 13.6. The van der Waals surface area contributed by atoms with Crippen LogP contribution in [0.3, 0.4) is 0 Å². The number of rotatable bonds is 6. The molecule has 1 aliphatic rings. The quantitative estimate of drug-likeness (QED) is 0.725. The molecule has 0 aromatic rings. The fraction of sp³-hybridized carbons (Fsp3) is 0.846. The summed E-state index contributed by atoms with van der Waals surface area (Å²) < 4.78 is 0. The van der Waals surface area contributed by atoms with E-state index in [0.717, 1.165) is 38.8 Å². The molecule has 0 saturated carbocycles. The number of carbonyl (C=O) groups excluding carboxylic acids is 2. The molecule has 0 aromatic heterocycles. The highest BCUT2D eigenvalue weighted by Crippen LogP contribution is 2.33. The summed E-state index contributed by atoms with van der Waals surface area (Å²) in [5.41, 5.74) is 4.87. The van der Waals surface area contributed by atoms with Crippen LogP contribution < -0.4 is 11.1 Å². The van der Waals surface area contributed by atoms with Gasteiger partial charge < -0.3 is 16.0 Å². The largest absolute Gasteiger partial charge is 0.368 e. The van der Waals surface area contributed by atoms with Crippen molar-refractivity contribution in [1.29, 1.82) is 0 Å². The smallest absolute Gasteiger partial charge is 0.237 e. The molecule has 1 unspecified atom stereocenters. The van der Waals surface area contributed by atoms with Crippen LogP contribution in [0, 0.1) is 5.41 Å². The van der Waals surface area contributed by atoms with Crippen LogP contribution in [-0.2, 0) is 9.59 Å². The minimum absolute atomic E-state index is 0.0286. The first-order valence-corrected chi connectivity index (χ1v) is 6.84. The third-order valence-corrected chi connectivity index (χ3v) is 3.67. The first-order valence-electron chi connectivity index (χ1n) is 6.84. The lowest BCUT2D eigenvalue weighted by atomic mass is 9.75. The molecule has 5 nitrogen and oxygen atoms in total. The molecule has 1 aliphatic heterocycles. The second kappa shape index (κ2) is 6.73. The van der Waals surface area contributed by atoms with Gasteiger partial charge in [-0.2, -0.15) is 0 Å². The maximum atomic E-state index is 12.7. The van der Waals surface area contributed by atoms with E-state index in [4.69, 9.17) is 5.73 Å². The Morgan fingerprint density at radius 3 is 2.56 bits per heavy atom. The Labute approximate surface area is 109 Å². The van der Waals surface area contributed by atoms with Crippen LogP contribution in [0.25, 0.3) is 0 Å². The van der Waals surface area contributed by atoms with Gasteiger partial charge in [0.25, 0.3) is 0 Å². The fourth-order valence-electron chi connectivity index (χ4n) is 2.80. The van der Waals surface area contributed by atoms with Gasteiger partial charge in [0.05, 0.1) is 12.0 Å².